The molecule has 8 nitrogen and oxygen atoms in total. The summed E-state index contributed by atoms with van der Waals surface area (Å²) in [6.45, 7) is 0.549. The number of hydrogen-bond acceptors (Lipinski definition) is 7. The fourth-order valence-electron chi connectivity index (χ4n) is 3.55. The number of nitrogens with one attached hydrogen (secondary N) is 1. The maximum Gasteiger partial charge on any atom is 0.417 e. The quantitative estimate of drug-likeness (QED) is 0.409. The third-order valence-electron chi connectivity index (χ3n) is 5.47. The van der Waals surface area contributed by atoms with Crippen LogP contribution in [0.4, 0.5) is 17.6 Å². The number of pyridine rings is 1. The second-order valence-electron chi connectivity index (χ2n) is 7.87. The lowest BCUT2D eigenvalue weighted by atomic mass is 10.1. The van der Waals surface area contributed by atoms with Gasteiger partial charge < -0.3 is 14.6 Å². The van der Waals surface area contributed by atoms with Gasteiger partial charge in [0.15, 0.2) is 0 Å². The molecule has 1 N–H and O–H groups in total. The molecule has 0 spiro atoms. The fourth-order valence-corrected chi connectivity index (χ4v) is 3.55. The first-order valence-corrected chi connectivity index (χ1v) is 10.5. The molecule has 12 heteroatoms. The number of benzene rings is 1. The number of amides is 1. The minimum Gasteiger partial charge on any atom is -0.424 e. The van der Waals surface area contributed by atoms with Gasteiger partial charge in [-0.1, -0.05) is 0 Å². The molecule has 1 aliphatic rings. The van der Waals surface area contributed by atoms with Crippen LogP contribution in [-0.2, 0) is 17.5 Å². The molecule has 1 unspecified atom stereocenters. The van der Waals surface area contributed by atoms with Gasteiger partial charge in [0.05, 0.1) is 29.7 Å². The summed E-state index contributed by atoms with van der Waals surface area (Å²) in [5, 5.41) is 12.5. The minimum atomic E-state index is -4.47. The van der Waals surface area contributed by atoms with Gasteiger partial charge in [-0.2, -0.15) is 23.4 Å². The number of halogens is 4. The number of fused-ring (bicyclic) bond motifs is 1. The van der Waals surface area contributed by atoms with E-state index in [9.17, 15) is 22.4 Å². The molecule has 1 aliphatic heterocycles. The van der Waals surface area contributed by atoms with Crippen molar-refractivity contribution < 1.29 is 31.6 Å². The van der Waals surface area contributed by atoms with Crippen molar-refractivity contribution in [3.8, 4) is 17.2 Å². The molecule has 1 saturated heterocycles. The lowest BCUT2D eigenvalue weighted by Gasteiger charge is -2.37. The van der Waals surface area contributed by atoms with Gasteiger partial charge in [0.2, 0.25) is 5.91 Å². The van der Waals surface area contributed by atoms with E-state index in [1.165, 1.54) is 35.5 Å². The Labute approximate surface area is 195 Å². The lowest BCUT2D eigenvalue weighted by molar-refractivity contribution is -0.177. The zero-order chi connectivity index (χ0) is 24.6. The fraction of sp³-hybridized carbons (Fsp3) is 0.217. The Morgan fingerprint density at radius 3 is 2.74 bits per heavy atom. The molecular weight excluding hydrogens is 470 g/mol. The smallest absolute Gasteiger partial charge is 0.417 e. The van der Waals surface area contributed by atoms with Gasteiger partial charge >= 0.3 is 12.1 Å². The number of aromatic nitrogens is 3. The summed E-state index contributed by atoms with van der Waals surface area (Å²) in [6, 6.07) is 8.85. The predicted molar refractivity (Wildman–Crippen MR) is 114 cm³/mol. The Kier molecular flexibility index (Phi) is 5.81. The first-order valence-electron chi connectivity index (χ1n) is 10.5. The highest BCUT2D eigenvalue weighted by Gasteiger charge is 2.37. The predicted octanol–water partition coefficient (Wildman–Crippen LogP) is 4.13. The molecule has 0 saturated carbocycles. The Morgan fingerprint density at radius 2 is 2.03 bits per heavy atom. The third-order valence-corrected chi connectivity index (χ3v) is 5.47. The molecule has 4 aromatic rings. The maximum absolute atomic E-state index is 13.4. The highest BCUT2D eigenvalue weighted by Crippen LogP contribution is 2.30. The van der Waals surface area contributed by atoms with Crippen molar-refractivity contribution in [2.24, 2.45) is 0 Å². The monoisotopic (exact) mass is 487 g/mol. The molecule has 1 fully saturated rings. The molecule has 35 heavy (non-hydrogen) atoms. The van der Waals surface area contributed by atoms with Crippen molar-refractivity contribution in [3.05, 3.63) is 71.9 Å². The van der Waals surface area contributed by atoms with Crippen LogP contribution in [-0.4, -0.2) is 38.7 Å². The molecule has 1 amide bonds. The maximum atomic E-state index is 13.4. The standard InChI is InChI=1S/C23H17F4N5O3/c24-16-2-4-20-13(7-16)9-21(34-20)35-32-6-5-19(32)22(33)29-12-17-8-14(10-30-31-17)18-3-1-15(11-28-18)23(25,26)27/h1-4,7-11,19H,5-6,12H2,(H,29,33). The van der Waals surface area contributed by atoms with Crippen molar-refractivity contribution in [3.63, 3.8) is 0 Å². The average molecular weight is 487 g/mol. The van der Waals surface area contributed by atoms with Crippen molar-refractivity contribution in [1.82, 2.24) is 25.6 Å². The third kappa shape index (κ3) is 4.92. The van der Waals surface area contributed by atoms with E-state index in [0.29, 0.717) is 40.9 Å². The second kappa shape index (κ2) is 8.95. The van der Waals surface area contributed by atoms with E-state index < -0.39 is 23.6 Å². The first kappa shape index (κ1) is 22.7. The Bertz CT molecular complexity index is 1370. The summed E-state index contributed by atoms with van der Waals surface area (Å²) in [4.78, 5) is 22.1. The molecule has 1 atom stereocenters. The van der Waals surface area contributed by atoms with Gasteiger partial charge in [0.1, 0.15) is 17.4 Å². The van der Waals surface area contributed by atoms with Crippen LogP contribution >= 0.6 is 0 Å². The van der Waals surface area contributed by atoms with E-state index in [1.807, 2.05) is 0 Å². The van der Waals surface area contributed by atoms with Gasteiger partial charge in [-0.3, -0.25) is 9.78 Å². The zero-order valence-corrected chi connectivity index (χ0v) is 17.9. The largest absolute Gasteiger partial charge is 0.424 e. The number of alkyl halides is 3. The number of rotatable bonds is 6. The molecule has 5 rings (SSSR count). The van der Waals surface area contributed by atoms with Crippen LogP contribution in [0.3, 0.4) is 0 Å². The Hall–Kier alpha value is -4.06. The van der Waals surface area contributed by atoms with Gasteiger partial charge in [-0.05, 0) is 42.8 Å². The molecule has 0 aliphatic carbocycles. The summed E-state index contributed by atoms with van der Waals surface area (Å²) in [7, 11) is 0. The van der Waals surface area contributed by atoms with Crippen molar-refractivity contribution in [2.75, 3.05) is 6.54 Å². The zero-order valence-electron chi connectivity index (χ0n) is 17.9. The Morgan fingerprint density at radius 1 is 1.17 bits per heavy atom. The van der Waals surface area contributed by atoms with Gasteiger partial charge in [-0.15, -0.1) is 5.06 Å². The van der Waals surface area contributed by atoms with Gasteiger partial charge in [-0.25, -0.2) is 4.39 Å². The first-order chi connectivity index (χ1) is 16.8. The van der Waals surface area contributed by atoms with E-state index in [2.05, 4.69) is 20.5 Å². The van der Waals surface area contributed by atoms with Crippen LogP contribution in [0.2, 0.25) is 0 Å². The van der Waals surface area contributed by atoms with E-state index in [-0.39, 0.29) is 18.4 Å². The molecule has 0 radical (unpaired) electrons. The van der Waals surface area contributed by atoms with Gasteiger partial charge in [0.25, 0.3) is 0 Å². The molecule has 3 aromatic heterocycles. The highest BCUT2D eigenvalue weighted by atomic mass is 19.4. The summed E-state index contributed by atoms with van der Waals surface area (Å²) < 4.78 is 57.1. The van der Waals surface area contributed by atoms with Crippen molar-refractivity contribution in [1.29, 1.82) is 0 Å². The minimum absolute atomic E-state index is 0.0502. The van der Waals surface area contributed by atoms with Crippen LogP contribution in [0.1, 0.15) is 17.7 Å². The summed E-state index contributed by atoms with van der Waals surface area (Å²) in [5.41, 5.74) is 0.781. The summed E-state index contributed by atoms with van der Waals surface area (Å²) in [5.74, 6) is -0.559. The van der Waals surface area contributed by atoms with Gasteiger partial charge in [0, 0.05) is 29.8 Å². The highest BCUT2D eigenvalue weighted by molar-refractivity contribution is 5.82. The molecule has 180 valence electrons. The van der Waals surface area contributed by atoms with Crippen molar-refractivity contribution >= 4 is 16.9 Å². The summed E-state index contributed by atoms with van der Waals surface area (Å²) in [6.07, 6.45) is -1.79. The lowest BCUT2D eigenvalue weighted by Crippen LogP contribution is -2.57. The van der Waals surface area contributed by atoms with Crippen LogP contribution in [0.5, 0.6) is 5.95 Å². The number of carbonyl (C=O) groups excluding carboxylic acids is 1. The number of nitrogens with zero attached hydrogens (tertiary/aromatic N) is 4. The number of furan rings is 1. The van der Waals surface area contributed by atoms with Crippen LogP contribution in [0.25, 0.3) is 22.2 Å². The van der Waals surface area contributed by atoms with Crippen molar-refractivity contribution in [2.45, 2.75) is 25.2 Å². The van der Waals surface area contributed by atoms with E-state index in [0.717, 1.165) is 12.3 Å². The van der Waals surface area contributed by atoms with E-state index in [1.54, 1.807) is 12.1 Å². The Balaban J connectivity index is 1.19. The SMILES string of the molecule is O=C(NCc1cc(-c2ccc(C(F)(F)F)cn2)cnn1)C1CCN1Oc1cc2cc(F)ccc2o1. The molecule has 4 heterocycles. The van der Waals surface area contributed by atoms with Crippen LogP contribution in [0, 0.1) is 5.82 Å². The van der Waals surface area contributed by atoms with E-state index >= 15 is 0 Å². The molecule has 0 bridgehead atoms. The molecule has 1 aromatic carbocycles. The topological polar surface area (TPSA) is 93.4 Å². The van der Waals surface area contributed by atoms with E-state index in [4.69, 9.17) is 9.25 Å². The molecular formula is C23H17F4N5O3. The second-order valence-corrected chi connectivity index (χ2v) is 7.87. The normalized spacial score (nSPS) is 16.2. The van der Waals surface area contributed by atoms with Crippen LogP contribution in [0.15, 0.2) is 59.3 Å². The number of hydrogen-bond donors (Lipinski definition) is 1. The number of carbonyl (C=O) groups is 1. The average Bonchev–Trinajstić information content (AvgIpc) is 3.22. The van der Waals surface area contributed by atoms with Crippen LogP contribution < -0.4 is 10.2 Å². The number of hydroxylamine groups is 2. The summed E-state index contributed by atoms with van der Waals surface area (Å²) >= 11 is 0.